The van der Waals surface area contributed by atoms with Crippen molar-refractivity contribution in [1.82, 2.24) is 5.16 Å². The number of halogens is 1. The number of rotatable bonds is 2. The van der Waals surface area contributed by atoms with Gasteiger partial charge < -0.3 is 9.26 Å². The van der Waals surface area contributed by atoms with Gasteiger partial charge in [0.25, 0.3) is 0 Å². The Morgan fingerprint density at radius 1 is 1.67 bits per heavy atom. The third-order valence-electron chi connectivity index (χ3n) is 1.96. The third kappa shape index (κ3) is 1.47. The molecule has 0 saturated carbocycles. The quantitative estimate of drug-likeness (QED) is 0.667. The maximum Gasteiger partial charge on any atom is 0.165 e. The van der Waals surface area contributed by atoms with Gasteiger partial charge >= 0.3 is 0 Å². The first-order chi connectivity index (χ1) is 5.90. The Labute approximate surface area is 75.6 Å². The number of hydrogen-bond acceptors (Lipinski definition) is 3. The Kier molecular flexibility index (Phi) is 2.33. The zero-order chi connectivity index (χ0) is 8.39. The monoisotopic (exact) mass is 187 g/mol. The highest BCUT2D eigenvalue weighted by Crippen LogP contribution is 2.28. The Morgan fingerprint density at radius 3 is 3.17 bits per heavy atom. The highest BCUT2D eigenvalue weighted by atomic mass is 35.5. The number of alkyl halides is 1. The maximum atomic E-state index is 5.58. The molecule has 1 unspecified atom stereocenters. The zero-order valence-electron chi connectivity index (χ0n) is 6.62. The van der Waals surface area contributed by atoms with Gasteiger partial charge in [-0.15, -0.1) is 11.6 Å². The molecule has 2 rings (SSSR count). The van der Waals surface area contributed by atoms with Gasteiger partial charge in [0.2, 0.25) is 0 Å². The van der Waals surface area contributed by atoms with Crippen molar-refractivity contribution in [1.29, 1.82) is 0 Å². The van der Waals surface area contributed by atoms with Crippen molar-refractivity contribution >= 4 is 11.6 Å². The fourth-order valence-corrected chi connectivity index (χ4v) is 1.47. The molecule has 0 radical (unpaired) electrons. The van der Waals surface area contributed by atoms with E-state index in [-0.39, 0.29) is 6.10 Å². The molecule has 2 heterocycles. The van der Waals surface area contributed by atoms with Crippen LogP contribution in [0, 0.1) is 0 Å². The van der Waals surface area contributed by atoms with Crippen LogP contribution in [0.5, 0.6) is 0 Å². The molecular formula is C8H10ClNO2. The van der Waals surface area contributed by atoms with Gasteiger partial charge in [-0.05, 0) is 12.8 Å². The summed E-state index contributed by atoms with van der Waals surface area (Å²) in [4.78, 5) is 0. The van der Waals surface area contributed by atoms with Crippen molar-refractivity contribution in [3.8, 4) is 0 Å². The van der Waals surface area contributed by atoms with Crippen LogP contribution in [0.25, 0.3) is 0 Å². The van der Waals surface area contributed by atoms with Crippen LogP contribution in [-0.2, 0) is 10.6 Å². The summed E-state index contributed by atoms with van der Waals surface area (Å²) in [5.41, 5.74) is 0.780. The summed E-state index contributed by atoms with van der Waals surface area (Å²) < 4.78 is 10.5. The maximum absolute atomic E-state index is 5.58. The molecule has 0 bridgehead atoms. The molecule has 1 atom stereocenters. The molecule has 0 aliphatic carbocycles. The van der Waals surface area contributed by atoms with Crippen molar-refractivity contribution < 1.29 is 9.26 Å². The SMILES string of the molecule is ClCc1cc(C2CCCO2)on1. The summed E-state index contributed by atoms with van der Waals surface area (Å²) in [7, 11) is 0. The van der Waals surface area contributed by atoms with E-state index in [1.54, 1.807) is 0 Å². The van der Waals surface area contributed by atoms with Crippen LogP contribution in [0.4, 0.5) is 0 Å². The predicted octanol–water partition coefficient (Wildman–Crippen LogP) is 2.26. The highest BCUT2D eigenvalue weighted by Gasteiger charge is 2.21. The lowest BCUT2D eigenvalue weighted by molar-refractivity contribution is 0.0877. The van der Waals surface area contributed by atoms with Crippen LogP contribution in [0.2, 0.25) is 0 Å². The summed E-state index contributed by atoms with van der Waals surface area (Å²) in [5.74, 6) is 1.21. The molecule has 0 aromatic carbocycles. The molecule has 4 heteroatoms. The van der Waals surface area contributed by atoms with Gasteiger partial charge in [0.15, 0.2) is 5.76 Å². The molecule has 1 aliphatic heterocycles. The minimum absolute atomic E-state index is 0.106. The van der Waals surface area contributed by atoms with Gasteiger partial charge in [0.05, 0.1) is 11.6 Å². The fourth-order valence-electron chi connectivity index (χ4n) is 1.34. The second-order valence-corrected chi connectivity index (χ2v) is 3.12. The van der Waals surface area contributed by atoms with Crippen LogP contribution in [-0.4, -0.2) is 11.8 Å². The summed E-state index contributed by atoms with van der Waals surface area (Å²) in [5, 5.41) is 3.79. The smallest absolute Gasteiger partial charge is 0.165 e. The number of hydrogen-bond donors (Lipinski definition) is 0. The van der Waals surface area contributed by atoms with E-state index >= 15 is 0 Å². The predicted molar refractivity (Wildman–Crippen MR) is 44.0 cm³/mol. The highest BCUT2D eigenvalue weighted by molar-refractivity contribution is 6.16. The largest absolute Gasteiger partial charge is 0.370 e. The molecule has 1 aromatic heterocycles. The fraction of sp³-hybridized carbons (Fsp3) is 0.625. The molecule has 3 nitrogen and oxygen atoms in total. The Bertz CT molecular complexity index is 255. The van der Waals surface area contributed by atoms with Crippen LogP contribution in [0.3, 0.4) is 0 Å². The van der Waals surface area contributed by atoms with Gasteiger partial charge in [0, 0.05) is 12.7 Å². The van der Waals surface area contributed by atoms with Crippen molar-refractivity contribution in [2.75, 3.05) is 6.61 Å². The van der Waals surface area contributed by atoms with E-state index in [2.05, 4.69) is 5.16 Å². The van der Waals surface area contributed by atoms with Gasteiger partial charge in [-0.2, -0.15) is 0 Å². The summed E-state index contributed by atoms with van der Waals surface area (Å²) in [6.07, 6.45) is 2.23. The molecule has 1 saturated heterocycles. The number of nitrogens with zero attached hydrogens (tertiary/aromatic N) is 1. The van der Waals surface area contributed by atoms with E-state index in [4.69, 9.17) is 20.9 Å². The molecule has 0 amide bonds. The first-order valence-electron chi connectivity index (χ1n) is 4.03. The summed E-state index contributed by atoms with van der Waals surface area (Å²) in [6, 6.07) is 1.86. The van der Waals surface area contributed by atoms with Gasteiger partial charge in [-0.1, -0.05) is 5.16 Å². The van der Waals surface area contributed by atoms with Crippen molar-refractivity contribution in [3.63, 3.8) is 0 Å². The second-order valence-electron chi connectivity index (χ2n) is 2.86. The third-order valence-corrected chi connectivity index (χ3v) is 2.23. The van der Waals surface area contributed by atoms with E-state index in [0.717, 1.165) is 30.9 Å². The van der Waals surface area contributed by atoms with E-state index in [0.29, 0.717) is 5.88 Å². The lowest BCUT2D eigenvalue weighted by Crippen LogP contribution is -1.92. The van der Waals surface area contributed by atoms with Crippen molar-refractivity contribution in [2.24, 2.45) is 0 Å². The normalized spacial score (nSPS) is 23.2. The van der Waals surface area contributed by atoms with Crippen LogP contribution in [0.1, 0.15) is 30.4 Å². The van der Waals surface area contributed by atoms with Crippen LogP contribution >= 0.6 is 11.6 Å². The Balaban J connectivity index is 2.11. The standard InChI is InChI=1S/C8H10ClNO2/c9-5-6-4-8(12-10-6)7-2-1-3-11-7/h4,7H,1-3,5H2. The van der Waals surface area contributed by atoms with E-state index in [1.165, 1.54) is 0 Å². The lowest BCUT2D eigenvalue weighted by atomic mass is 10.2. The van der Waals surface area contributed by atoms with Crippen LogP contribution in [0.15, 0.2) is 10.6 Å². The molecule has 1 aliphatic rings. The molecule has 66 valence electrons. The molecule has 0 N–H and O–H groups in total. The van der Waals surface area contributed by atoms with Crippen LogP contribution < -0.4 is 0 Å². The van der Waals surface area contributed by atoms with Gasteiger partial charge in [-0.25, -0.2) is 0 Å². The Morgan fingerprint density at radius 2 is 2.58 bits per heavy atom. The molecule has 0 spiro atoms. The summed E-state index contributed by atoms with van der Waals surface area (Å²) >= 11 is 5.58. The average molecular weight is 188 g/mol. The zero-order valence-corrected chi connectivity index (χ0v) is 7.38. The lowest BCUT2D eigenvalue weighted by Gasteiger charge is -2.01. The van der Waals surface area contributed by atoms with E-state index in [9.17, 15) is 0 Å². The minimum Gasteiger partial charge on any atom is -0.370 e. The van der Waals surface area contributed by atoms with E-state index < -0.39 is 0 Å². The Hall–Kier alpha value is -0.540. The number of aromatic nitrogens is 1. The second kappa shape index (κ2) is 3.46. The van der Waals surface area contributed by atoms with E-state index in [1.807, 2.05) is 6.07 Å². The molecular weight excluding hydrogens is 178 g/mol. The van der Waals surface area contributed by atoms with Crippen molar-refractivity contribution in [3.05, 3.63) is 17.5 Å². The molecule has 1 aromatic rings. The minimum atomic E-state index is 0.106. The molecule has 12 heavy (non-hydrogen) atoms. The number of ether oxygens (including phenoxy) is 1. The summed E-state index contributed by atoms with van der Waals surface area (Å²) in [6.45, 7) is 0.821. The first-order valence-corrected chi connectivity index (χ1v) is 4.56. The average Bonchev–Trinajstić information content (AvgIpc) is 2.75. The van der Waals surface area contributed by atoms with Crippen molar-refractivity contribution in [2.45, 2.75) is 24.8 Å². The molecule has 1 fully saturated rings. The van der Waals surface area contributed by atoms with Gasteiger partial charge in [-0.3, -0.25) is 0 Å². The topological polar surface area (TPSA) is 35.3 Å². The first kappa shape index (κ1) is 8.08. The van der Waals surface area contributed by atoms with Gasteiger partial charge in [0.1, 0.15) is 6.10 Å².